The first-order valence-corrected chi connectivity index (χ1v) is 12.1. The number of fused-ring (bicyclic) bond motifs is 1. The van der Waals surface area contributed by atoms with Crippen LogP contribution in [-0.4, -0.2) is 39.2 Å². The van der Waals surface area contributed by atoms with Crippen molar-refractivity contribution < 1.29 is 4.74 Å². The van der Waals surface area contributed by atoms with Gasteiger partial charge < -0.3 is 15.0 Å². The zero-order valence-corrected chi connectivity index (χ0v) is 16.3. The second-order valence-corrected chi connectivity index (χ2v) is 13.0. The van der Waals surface area contributed by atoms with Crippen LogP contribution in [0.3, 0.4) is 0 Å². The summed E-state index contributed by atoms with van der Waals surface area (Å²) in [4.78, 5) is 16.6. The van der Waals surface area contributed by atoms with Gasteiger partial charge in [0.2, 0.25) is 5.95 Å². The van der Waals surface area contributed by atoms with E-state index in [1.807, 2.05) is 10.8 Å². The van der Waals surface area contributed by atoms with E-state index in [0.29, 0.717) is 11.9 Å². The largest absolute Gasteiger partial charge is 0.368 e. The Kier molecular flexibility index (Phi) is 5.03. The Morgan fingerprint density at radius 2 is 1.88 bits per heavy atom. The molecule has 0 saturated heterocycles. The van der Waals surface area contributed by atoms with Gasteiger partial charge in [-0.2, -0.15) is 0 Å². The molecule has 0 aliphatic carbocycles. The Morgan fingerprint density at radius 3 is 2.56 bits per heavy atom. The van der Waals surface area contributed by atoms with Crippen molar-refractivity contribution in [2.45, 2.75) is 32.4 Å². The number of aromatic nitrogens is 5. The Balaban J connectivity index is 1.92. The van der Waals surface area contributed by atoms with E-state index in [9.17, 15) is 0 Å². The van der Waals surface area contributed by atoms with E-state index in [-0.39, 0.29) is 5.95 Å². The number of hydrogen-bond donors (Lipinski definition) is 1. The smallest absolute Gasteiger partial charge is 0.219 e. The van der Waals surface area contributed by atoms with Crippen LogP contribution in [0.1, 0.15) is 0 Å². The maximum Gasteiger partial charge on any atom is 0.219 e. The lowest BCUT2D eigenvalue weighted by atomic mass is 10.1. The van der Waals surface area contributed by atoms with Gasteiger partial charge in [-0.15, -0.1) is 0 Å². The van der Waals surface area contributed by atoms with Crippen molar-refractivity contribution in [1.82, 2.24) is 24.5 Å². The zero-order valence-electron chi connectivity index (χ0n) is 14.5. The van der Waals surface area contributed by atoms with Crippen molar-refractivity contribution in [2.75, 3.05) is 12.3 Å². The molecule has 2 N–H and O–H groups in total. The van der Waals surface area contributed by atoms with Gasteiger partial charge in [0, 0.05) is 44.4 Å². The molecule has 0 saturated carbocycles. The average Bonchev–Trinajstić information content (AvgIpc) is 2.92. The molecule has 0 aliphatic rings. The molecule has 9 heteroatoms. The summed E-state index contributed by atoms with van der Waals surface area (Å²) in [5, 5.41) is 1.14. The summed E-state index contributed by atoms with van der Waals surface area (Å²) in [6, 6.07) is 1.11. The molecule has 0 amide bonds. The first kappa shape index (κ1) is 17.8. The van der Waals surface area contributed by atoms with Crippen LogP contribution in [0.25, 0.3) is 22.2 Å². The van der Waals surface area contributed by atoms with Gasteiger partial charge in [0.1, 0.15) is 23.9 Å². The van der Waals surface area contributed by atoms with Crippen molar-refractivity contribution in [2.24, 2.45) is 0 Å². The quantitative estimate of drug-likeness (QED) is 0.402. The Labute approximate surface area is 152 Å². The van der Waals surface area contributed by atoms with E-state index >= 15 is 0 Å². The highest BCUT2D eigenvalue weighted by molar-refractivity contribution is 6.76. The third-order valence-corrected chi connectivity index (χ3v) is 5.81. The summed E-state index contributed by atoms with van der Waals surface area (Å²) in [6.07, 6.45) is 6.72. The van der Waals surface area contributed by atoms with Gasteiger partial charge >= 0.3 is 0 Å². The van der Waals surface area contributed by atoms with Crippen molar-refractivity contribution in [3.63, 3.8) is 0 Å². The summed E-state index contributed by atoms with van der Waals surface area (Å²) in [5.41, 5.74) is 7.95. The molecule has 3 aromatic rings. The van der Waals surface area contributed by atoms with Gasteiger partial charge in [0.25, 0.3) is 0 Å². The van der Waals surface area contributed by atoms with E-state index in [2.05, 4.69) is 39.6 Å². The number of rotatable bonds is 6. The molecule has 0 aliphatic heterocycles. The molecule has 3 rings (SSSR count). The normalized spacial score (nSPS) is 12.0. The first-order valence-electron chi connectivity index (χ1n) is 8.00. The topological polar surface area (TPSA) is 91.7 Å². The minimum Gasteiger partial charge on any atom is -0.368 e. The molecule has 0 atom stereocenters. The molecule has 7 nitrogen and oxygen atoms in total. The lowest BCUT2D eigenvalue weighted by Gasteiger charge is -2.15. The summed E-state index contributed by atoms with van der Waals surface area (Å²) in [5.74, 6) is 0.226. The van der Waals surface area contributed by atoms with Crippen LogP contribution in [0.15, 0.2) is 24.9 Å². The molecule has 25 heavy (non-hydrogen) atoms. The fraction of sp³-hybridized carbons (Fsp3) is 0.375. The molecule has 3 heterocycles. The molecule has 0 spiro atoms. The highest BCUT2D eigenvalue weighted by atomic mass is 35.5. The van der Waals surface area contributed by atoms with Gasteiger partial charge in [-0.25, -0.2) is 19.9 Å². The molecule has 0 bridgehead atoms. The summed E-state index contributed by atoms with van der Waals surface area (Å²) < 4.78 is 7.78. The fourth-order valence-corrected chi connectivity index (χ4v) is 3.41. The van der Waals surface area contributed by atoms with Gasteiger partial charge in [0.15, 0.2) is 0 Å². The van der Waals surface area contributed by atoms with Crippen molar-refractivity contribution in [3.8, 4) is 11.1 Å². The van der Waals surface area contributed by atoms with Crippen LogP contribution >= 0.6 is 11.6 Å². The number of hydrogen-bond acceptors (Lipinski definition) is 6. The SMILES string of the molecule is C[Si](C)(C)CCOCn1cc(-c2cnc(N)nc2)c2c(Cl)ncnc21. The number of nitrogens with zero attached hydrogens (tertiary/aromatic N) is 5. The van der Waals surface area contributed by atoms with E-state index in [1.165, 1.54) is 6.33 Å². The van der Waals surface area contributed by atoms with E-state index in [4.69, 9.17) is 22.1 Å². The second-order valence-electron chi connectivity index (χ2n) is 7.05. The van der Waals surface area contributed by atoms with E-state index < -0.39 is 8.07 Å². The Morgan fingerprint density at radius 1 is 1.16 bits per heavy atom. The lowest BCUT2D eigenvalue weighted by molar-refractivity contribution is 0.0899. The highest BCUT2D eigenvalue weighted by Gasteiger charge is 2.17. The number of nitrogen functional groups attached to an aromatic ring is 1. The van der Waals surface area contributed by atoms with Gasteiger partial charge in [-0.1, -0.05) is 31.2 Å². The van der Waals surface area contributed by atoms with Crippen LogP contribution in [0.2, 0.25) is 30.8 Å². The third-order valence-electron chi connectivity index (χ3n) is 3.82. The van der Waals surface area contributed by atoms with Crippen molar-refractivity contribution >= 4 is 36.7 Å². The predicted octanol–water partition coefficient (Wildman–Crippen LogP) is 3.44. The molecule has 132 valence electrons. The monoisotopic (exact) mass is 376 g/mol. The molecular formula is C16H21ClN6OSi. The minimum absolute atomic E-state index is 0.226. The Bertz CT molecular complexity index is 875. The van der Waals surface area contributed by atoms with E-state index in [0.717, 1.165) is 34.8 Å². The van der Waals surface area contributed by atoms with Gasteiger partial charge in [-0.3, -0.25) is 0 Å². The summed E-state index contributed by atoms with van der Waals surface area (Å²) in [7, 11) is -1.12. The summed E-state index contributed by atoms with van der Waals surface area (Å²) >= 11 is 6.31. The average molecular weight is 377 g/mol. The maximum atomic E-state index is 6.31. The number of nitrogens with two attached hydrogens (primary N) is 1. The van der Waals surface area contributed by atoms with Crippen LogP contribution in [0.4, 0.5) is 5.95 Å². The van der Waals surface area contributed by atoms with Crippen LogP contribution < -0.4 is 5.73 Å². The third kappa shape index (κ3) is 4.14. The van der Waals surface area contributed by atoms with Crippen molar-refractivity contribution in [1.29, 1.82) is 0 Å². The fourth-order valence-electron chi connectivity index (χ4n) is 2.42. The molecule has 3 aromatic heterocycles. The van der Waals surface area contributed by atoms with Crippen LogP contribution in [0, 0.1) is 0 Å². The van der Waals surface area contributed by atoms with Crippen LogP contribution in [0.5, 0.6) is 0 Å². The number of anilines is 1. The standard InChI is InChI=1S/C16H21ClN6OSi/c1-25(2,3)5-4-24-10-23-8-12(11-6-19-16(18)20-7-11)13-14(17)21-9-22-15(13)23/h6-9H,4-5,10H2,1-3H3,(H2,18,19,20). The second kappa shape index (κ2) is 7.07. The Hall–Kier alpha value is -2.03. The van der Waals surface area contributed by atoms with Gasteiger partial charge in [-0.05, 0) is 6.04 Å². The molecule has 0 aromatic carbocycles. The van der Waals surface area contributed by atoms with E-state index in [1.54, 1.807) is 12.4 Å². The molecule has 0 fully saturated rings. The molecular weight excluding hydrogens is 356 g/mol. The number of halogens is 1. The predicted molar refractivity (Wildman–Crippen MR) is 102 cm³/mol. The molecule has 0 radical (unpaired) electrons. The maximum absolute atomic E-state index is 6.31. The van der Waals surface area contributed by atoms with Crippen molar-refractivity contribution in [3.05, 3.63) is 30.1 Å². The minimum atomic E-state index is -1.12. The van der Waals surface area contributed by atoms with Crippen LogP contribution in [-0.2, 0) is 11.5 Å². The zero-order chi connectivity index (χ0) is 18.0. The summed E-state index contributed by atoms with van der Waals surface area (Å²) in [6.45, 7) is 8.12. The molecule has 0 unspecified atom stereocenters. The number of ether oxygens (including phenoxy) is 1. The lowest BCUT2D eigenvalue weighted by Crippen LogP contribution is -2.22. The highest BCUT2D eigenvalue weighted by Crippen LogP contribution is 2.33. The first-order chi connectivity index (χ1) is 11.8. The van der Waals surface area contributed by atoms with Gasteiger partial charge in [0.05, 0.1) is 5.39 Å².